The van der Waals surface area contributed by atoms with E-state index in [0.29, 0.717) is 52.6 Å². The van der Waals surface area contributed by atoms with Crippen LogP contribution in [0, 0.1) is 14.2 Å². The predicted molar refractivity (Wildman–Crippen MR) is 111 cm³/mol. The number of amides is 2. The molecule has 2 amide bonds. The Morgan fingerprint density at radius 1 is 0.788 bits per heavy atom. The number of carbonyl (C=O) groups excluding carboxylic acids is 2. The number of morpholine rings is 2. The van der Waals surface area contributed by atoms with Crippen LogP contribution in [0.2, 0.25) is 0 Å². The zero-order valence-electron chi connectivity index (χ0n) is 19.2. The van der Waals surface area contributed by atoms with Gasteiger partial charge < -0.3 is 48.4 Å². The molecule has 13 heteroatoms. The average molecular weight is 732 g/mol. The van der Waals surface area contributed by atoms with Crippen LogP contribution in [-0.2, 0) is 38.0 Å². The van der Waals surface area contributed by atoms with Crippen molar-refractivity contribution in [2.75, 3.05) is 92.2 Å². The molecule has 2 saturated heterocycles. The molecule has 0 aliphatic carbocycles. The molecule has 0 aromatic carbocycles. The van der Waals surface area contributed by atoms with E-state index in [2.05, 4.69) is 23.7 Å². The molecule has 12 nitrogen and oxygen atoms in total. The maximum Gasteiger partial charge on any atom is 0.248 e. The van der Waals surface area contributed by atoms with Crippen molar-refractivity contribution in [1.29, 1.82) is 0 Å². The van der Waals surface area contributed by atoms with Gasteiger partial charge in [0.1, 0.15) is 13.2 Å². The van der Waals surface area contributed by atoms with Crippen molar-refractivity contribution in [1.82, 2.24) is 9.80 Å². The molecule has 2 unspecified atom stereocenters. The number of hydrogen-bond donors (Lipinski definition) is 2. The quantitative estimate of drug-likeness (QED) is 0.154. The summed E-state index contributed by atoms with van der Waals surface area (Å²) in [5, 5.41) is 18.5. The van der Waals surface area contributed by atoms with E-state index in [1.54, 1.807) is 9.80 Å². The van der Waals surface area contributed by atoms with E-state index in [-0.39, 0.29) is 51.5 Å². The third kappa shape index (κ3) is 14.4. The first-order chi connectivity index (χ1) is 15.5. The van der Waals surface area contributed by atoms with Crippen LogP contribution in [0.3, 0.4) is 0 Å². The summed E-state index contributed by atoms with van der Waals surface area (Å²) in [6, 6.07) is 0. The van der Waals surface area contributed by atoms with Crippen LogP contribution in [0.1, 0.15) is 0 Å². The fourth-order valence-electron chi connectivity index (χ4n) is 2.73. The third-order valence-electron chi connectivity index (χ3n) is 4.42. The number of nitrogens with zero attached hydrogens (tertiary/aromatic N) is 2. The minimum Gasteiger partial charge on any atom is -0.553 e. The molecule has 0 spiro atoms. The number of rotatable bonds is 14. The first-order valence-corrected chi connectivity index (χ1v) is 10.4. The molecule has 2 rings (SSSR count). The molecular formula is C20H36N2O10Rf-2. The van der Waals surface area contributed by atoms with Crippen LogP contribution < -0.4 is 0 Å². The molecule has 190 valence electrons. The molecule has 2 heterocycles. The molecule has 0 aromatic rings. The first-order valence-electron chi connectivity index (χ1n) is 10.4. The number of ether oxygens (including phenoxy) is 6. The largest absolute Gasteiger partial charge is 0.553 e. The molecule has 0 aromatic heterocycles. The maximum absolute atomic E-state index is 11.3. The van der Waals surface area contributed by atoms with E-state index in [9.17, 15) is 19.8 Å². The molecule has 2 atom stereocenters. The van der Waals surface area contributed by atoms with E-state index >= 15 is 0 Å². The monoisotopic (exact) mass is 731 g/mol. The summed E-state index contributed by atoms with van der Waals surface area (Å²) in [4.78, 5) is 26.0. The van der Waals surface area contributed by atoms with Gasteiger partial charge in [-0.15, -0.1) is 0 Å². The smallest absolute Gasteiger partial charge is 0.248 e. The summed E-state index contributed by atoms with van der Waals surface area (Å²) in [5.74, 6) is -0.0343. The van der Waals surface area contributed by atoms with Gasteiger partial charge in [0, 0.05) is 39.4 Å². The van der Waals surface area contributed by atoms with Gasteiger partial charge in [-0.3, -0.25) is 9.59 Å². The van der Waals surface area contributed by atoms with Gasteiger partial charge in [0.15, 0.2) is 0 Å². The van der Waals surface area contributed by atoms with Crippen molar-refractivity contribution in [2.45, 2.75) is 12.2 Å². The molecule has 0 radical (unpaired) electrons. The van der Waals surface area contributed by atoms with E-state index < -0.39 is 12.2 Å². The molecule has 0 bridgehead atoms. The molecule has 33 heavy (non-hydrogen) atoms. The van der Waals surface area contributed by atoms with Gasteiger partial charge in [0.05, 0.1) is 51.8 Å². The van der Waals surface area contributed by atoms with Gasteiger partial charge in [-0.05, 0) is 0 Å². The van der Waals surface area contributed by atoms with E-state index in [1.807, 2.05) is 0 Å². The number of carbonyl (C=O) groups is 2. The van der Waals surface area contributed by atoms with Crippen molar-refractivity contribution in [3.63, 3.8) is 0 Å². The van der Waals surface area contributed by atoms with Gasteiger partial charge in [-0.2, -0.15) is 0 Å². The second-order valence-corrected chi connectivity index (χ2v) is 7.07. The summed E-state index contributed by atoms with van der Waals surface area (Å²) < 4.78 is 29.4. The first kappa shape index (κ1) is 30.6. The molecular weight excluding hydrogens is 695 g/mol. The van der Waals surface area contributed by atoms with Crippen LogP contribution >= 0.6 is 0 Å². The second kappa shape index (κ2) is 19.1. The van der Waals surface area contributed by atoms with E-state index in [0.717, 1.165) is 0 Å². The summed E-state index contributed by atoms with van der Waals surface area (Å²) >= 11 is 0. The Morgan fingerprint density at radius 2 is 1.18 bits per heavy atom. The van der Waals surface area contributed by atoms with Crippen molar-refractivity contribution < 1.29 is 48.2 Å². The van der Waals surface area contributed by atoms with Crippen LogP contribution in [0.15, 0.2) is 0 Å². The summed E-state index contributed by atoms with van der Waals surface area (Å²) in [5.41, 5.74) is 0. The van der Waals surface area contributed by atoms with E-state index in [1.165, 1.54) is 0 Å². The van der Waals surface area contributed by atoms with Gasteiger partial charge in [0.2, 0.25) is 11.8 Å². The standard InChI is InChI=1S/2C10H18NO5.Rf/c2*1-14-6-9(12)7-15-4-2-11-3-5-16-8-10(11)13;/h2*9,12H,1-8H2;/q2*-1;. The van der Waals surface area contributed by atoms with Crippen LogP contribution in [0.5, 0.6) is 0 Å². The summed E-state index contributed by atoms with van der Waals surface area (Å²) in [6.45, 7) is 5.19. The third-order valence-corrected chi connectivity index (χ3v) is 4.42. The fraction of sp³-hybridized carbons (Fsp3) is 0.800. The maximum atomic E-state index is 11.3. The molecule has 0 saturated carbocycles. The Labute approximate surface area is 189 Å². The van der Waals surface area contributed by atoms with Crippen molar-refractivity contribution in [3.8, 4) is 0 Å². The van der Waals surface area contributed by atoms with Gasteiger partial charge >= 0.3 is 0 Å². The molecule has 2 fully saturated rings. The Balaban J connectivity index is 0.000000602. The van der Waals surface area contributed by atoms with Crippen molar-refractivity contribution >= 4 is 11.8 Å². The topological polar surface area (TPSA) is 136 Å². The van der Waals surface area contributed by atoms with Crippen LogP contribution in [-0.4, -0.2) is 136 Å². The zero-order valence-corrected chi connectivity index (χ0v) is 25.6. The number of aliphatic hydroxyl groups is 2. The fourth-order valence-corrected chi connectivity index (χ4v) is 2.73. The van der Waals surface area contributed by atoms with E-state index in [4.69, 9.17) is 18.9 Å². The van der Waals surface area contributed by atoms with Crippen molar-refractivity contribution in [3.05, 3.63) is 14.2 Å². The summed E-state index contributed by atoms with van der Waals surface area (Å²) in [7, 11) is 6.31. The Kier molecular flexibility index (Phi) is 17.7. The SMILES string of the molecule is [CH2-]OCC(O)COCCN1CCOCC1=O.[CH2-]OCC(O)COCCN1CCOCC1=O.[Rf]. The Hall–Kier alpha value is -2.38. The minimum absolute atomic E-state index is 0. The van der Waals surface area contributed by atoms with Crippen LogP contribution in [0.25, 0.3) is 0 Å². The minimum atomic E-state index is -0.669. The Morgan fingerprint density at radius 3 is 1.52 bits per heavy atom. The predicted octanol–water partition coefficient (Wildman–Crippen LogP) is -1.94. The van der Waals surface area contributed by atoms with Crippen molar-refractivity contribution in [2.24, 2.45) is 0 Å². The zero-order chi connectivity index (χ0) is 23.6. The molecule has 2 aliphatic heterocycles. The molecule has 2 N–H and O–H groups in total. The normalized spacial score (nSPS) is 18.3. The second-order valence-electron chi connectivity index (χ2n) is 7.07. The summed E-state index contributed by atoms with van der Waals surface area (Å²) in [6.07, 6.45) is -1.34. The molecule has 2 aliphatic rings. The number of aliphatic hydroxyl groups excluding tert-OH is 2. The Bertz CT molecular complexity index is 473. The number of hydrogen-bond acceptors (Lipinski definition) is 10. The average Bonchev–Trinajstić information content (AvgIpc) is 2.77. The van der Waals surface area contributed by atoms with Crippen LogP contribution in [0.4, 0.5) is 0 Å². The van der Waals surface area contributed by atoms with Gasteiger partial charge in [-0.25, -0.2) is 14.2 Å². The van der Waals surface area contributed by atoms with Gasteiger partial charge in [0.25, 0.3) is 0 Å². The van der Waals surface area contributed by atoms with Gasteiger partial charge in [-0.1, -0.05) is 0 Å².